The smallest absolute Gasteiger partial charge is 0.322 e. The number of anilines is 1. The second-order valence-electron chi connectivity index (χ2n) is 5.97. The number of morpholine rings is 1. The van der Waals surface area contributed by atoms with E-state index in [-0.39, 0.29) is 17.9 Å². The summed E-state index contributed by atoms with van der Waals surface area (Å²) < 4.78 is 19.4. The van der Waals surface area contributed by atoms with E-state index in [0.717, 1.165) is 4.88 Å². The number of nitrogens with zero attached hydrogens (tertiary/aromatic N) is 1. The summed E-state index contributed by atoms with van der Waals surface area (Å²) in [5.41, 5.74) is 0.411. The highest BCUT2D eigenvalue weighted by Crippen LogP contribution is 2.27. The Morgan fingerprint density at radius 1 is 1.54 bits per heavy atom. The van der Waals surface area contributed by atoms with Crippen molar-refractivity contribution in [1.82, 2.24) is 4.90 Å². The van der Waals surface area contributed by atoms with Crippen molar-refractivity contribution >= 4 is 34.8 Å². The van der Waals surface area contributed by atoms with Crippen molar-refractivity contribution in [2.45, 2.75) is 23.5 Å². The number of aliphatic hydroxyl groups is 1. The molecule has 2 heterocycles. The molecule has 0 aliphatic carbocycles. The van der Waals surface area contributed by atoms with E-state index in [0.29, 0.717) is 36.8 Å². The number of amides is 2. The van der Waals surface area contributed by atoms with E-state index in [1.807, 2.05) is 17.5 Å². The molecule has 0 bridgehead atoms. The Morgan fingerprint density at radius 3 is 3.08 bits per heavy atom. The predicted octanol–water partition coefficient (Wildman–Crippen LogP) is 3.97. The average Bonchev–Trinajstić information content (AvgIpc) is 3.17. The Labute approximate surface area is 160 Å². The first kappa shape index (κ1) is 19.2. The van der Waals surface area contributed by atoms with Crippen molar-refractivity contribution in [1.29, 1.82) is 0 Å². The Bertz CT molecular complexity index is 742. The molecule has 8 heteroatoms. The standard InChI is InChI=1S/C18H21FN2O3S2/c1-25-16-5-4-12(9-14(16)19)20-18(23)21-6-7-24-11-13(21)10-15(22)17-3-2-8-26-17/h2-5,8-9,13,15,22H,6-7,10-11H2,1H3,(H,20,23)/t13-,15+/m0/s1. The highest BCUT2D eigenvalue weighted by atomic mass is 32.2. The lowest BCUT2D eigenvalue weighted by molar-refractivity contribution is -0.00382. The van der Waals surface area contributed by atoms with Gasteiger partial charge in [-0.05, 0) is 35.9 Å². The van der Waals surface area contributed by atoms with Crippen LogP contribution in [-0.2, 0) is 4.74 Å². The van der Waals surface area contributed by atoms with Crippen molar-refractivity contribution < 1.29 is 19.0 Å². The fourth-order valence-electron chi connectivity index (χ4n) is 2.91. The number of rotatable bonds is 5. The van der Waals surface area contributed by atoms with Gasteiger partial charge in [0.1, 0.15) is 5.82 Å². The van der Waals surface area contributed by atoms with Crippen molar-refractivity contribution in [3.63, 3.8) is 0 Å². The second kappa shape index (κ2) is 8.85. The van der Waals surface area contributed by atoms with E-state index in [4.69, 9.17) is 4.74 Å². The van der Waals surface area contributed by atoms with Gasteiger partial charge >= 0.3 is 6.03 Å². The summed E-state index contributed by atoms with van der Waals surface area (Å²) in [6.07, 6.45) is 1.55. The van der Waals surface area contributed by atoms with Crippen LogP contribution in [0.2, 0.25) is 0 Å². The van der Waals surface area contributed by atoms with Crippen molar-refractivity contribution in [2.24, 2.45) is 0 Å². The molecule has 2 N–H and O–H groups in total. The van der Waals surface area contributed by atoms with Gasteiger partial charge in [-0.2, -0.15) is 0 Å². The Balaban J connectivity index is 1.66. The number of carbonyl (C=O) groups excluding carboxylic acids is 1. The SMILES string of the molecule is CSc1ccc(NC(=O)N2CCOC[C@@H]2C[C@@H](O)c2cccs2)cc1F. The average molecular weight is 397 g/mol. The molecule has 26 heavy (non-hydrogen) atoms. The van der Waals surface area contributed by atoms with Crippen LogP contribution in [-0.4, -0.2) is 48.1 Å². The van der Waals surface area contributed by atoms with Crippen molar-refractivity contribution in [3.8, 4) is 0 Å². The van der Waals surface area contributed by atoms with E-state index in [1.54, 1.807) is 23.3 Å². The largest absolute Gasteiger partial charge is 0.387 e. The minimum atomic E-state index is -0.643. The second-order valence-corrected chi connectivity index (χ2v) is 7.80. The van der Waals surface area contributed by atoms with Crippen LogP contribution in [0.15, 0.2) is 40.6 Å². The van der Waals surface area contributed by atoms with Crippen LogP contribution in [0.1, 0.15) is 17.4 Å². The van der Waals surface area contributed by atoms with Gasteiger partial charge in [-0.15, -0.1) is 23.1 Å². The molecular weight excluding hydrogens is 375 g/mol. The van der Waals surface area contributed by atoms with Crippen LogP contribution >= 0.6 is 23.1 Å². The maximum Gasteiger partial charge on any atom is 0.322 e. The van der Waals surface area contributed by atoms with Gasteiger partial charge in [-0.1, -0.05) is 6.07 Å². The van der Waals surface area contributed by atoms with Gasteiger partial charge in [-0.25, -0.2) is 9.18 Å². The zero-order chi connectivity index (χ0) is 18.5. The number of thiophene rings is 1. The maximum absolute atomic E-state index is 13.9. The number of thioether (sulfide) groups is 1. The van der Waals surface area contributed by atoms with E-state index in [9.17, 15) is 14.3 Å². The first-order chi connectivity index (χ1) is 12.6. The number of hydrogen-bond acceptors (Lipinski definition) is 5. The molecule has 0 saturated carbocycles. The molecule has 3 rings (SSSR count). The number of carbonyl (C=O) groups is 1. The number of urea groups is 1. The zero-order valence-corrected chi connectivity index (χ0v) is 16.0. The molecule has 1 aliphatic rings. The lowest BCUT2D eigenvalue weighted by Gasteiger charge is -2.36. The van der Waals surface area contributed by atoms with E-state index >= 15 is 0 Å². The minimum absolute atomic E-state index is 0.240. The Morgan fingerprint density at radius 2 is 2.38 bits per heavy atom. The summed E-state index contributed by atoms with van der Waals surface area (Å²) in [5, 5.41) is 15.0. The summed E-state index contributed by atoms with van der Waals surface area (Å²) in [4.78, 5) is 15.7. The predicted molar refractivity (Wildman–Crippen MR) is 102 cm³/mol. The molecule has 0 spiro atoms. The maximum atomic E-state index is 13.9. The Kier molecular flexibility index (Phi) is 6.53. The fourth-order valence-corrected chi connectivity index (χ4v) is 4.09. The number of hydrogen-bond donors (Lipinski definition) is 2. The number of ether oxygens (including phenoxy) is 1. The van der Waals surface area contributed by atoms with Crippen molar-refractivity contribution in [2.75, 3.05) is 31.3 Å². The minimum Gasteiger partial charge on any atom is -0.387 e. The molecule has 0 unspecified atom stereocenters. The van der Waals surface area contributed by atoms with Gasteiger partial charge in [0, 0.05) is 28.4 Å². The normalized spacial score (nSPS) is 18.6. The molecule has 2 aromatic rings. The molecule has 140 valence electrons. The van der Waals surface area contributed by atoms with Gasteiger partial charge in [0.05, 0.1) is 25.4 Å². The lowest BCUT2D eigenvalue weighted by Crippen LogP contribution is -2.50. The summed E-state index contributed by atoms with van der Waals surface area (Å²) >= 11 is 2.80. The molecule has 5 nitrogen and oxygen atoms in total. The van der Waals surface area contributed by atoms with Gasteiger partial charge in [0.25, 0.3) is 0 Å². The summed E-state index contributed by atoms with van der Waals surface area (Å²) in [5.74, 6) is -0.359. The Hall–Kier alpha value is -1.61. The molecule has 1 aliphatic heterocycles. The first-order valence-electron chi connectivity index (χ1n) is 8.29. The van der Waals surface area contributed by atoms with E-state index in [2.05, 4.69) is 5.32 Å². The molecule has 2 atom stereocenters. The number of aliphatic hydroxyl groups excluding tert-OH is 1. The van der Waals surface area contributed by atoms with Crippen molar-refractivity contribution in [3.05, 3.63) is 46.4 Å². The van der Waals surface area contributed by atoms with Crippen LogP contribution < -0.4 is 5.32 Å². The molecule has 2 amide bonds. The third-order valence-electron chi connectivity index (χ3n) is 4.26. The van der Waals surface area contributed by atoms with Crippen LogP contribution in [0.5, 0.6) is 0 Å². The van der Waals surface area contributed by atoms with Crippen LogP contribution in [0.4, 0.5) is 14.9 Å². The van der Waals surface area contributed by atoms with Crippen LogP contribution in [0.3, 0.4) is 0 Å². The third kappa shape index (κ3) is 4.56. The van der Waals surface area contributed by atoms with Gasteiger partial charge in [0.2, 0.25) is 0 Å². The molecule has 1 aromatic carbocycles. The number of benzene rings is 1. The first-order valence-corrected chi connectivity index (χ1v) is 10.4. The quantitative estimate of drug-likeness (QED) is 0.751. The third-order valence-corrected chi connectivity index (χ3v) is 6.00. The molecule has 1 fully saturated rings. The summed E-state index contributed by atoms with van der Waals surface area (Å²) in [6, 6.07) is 7.86. The van der Waals surface area contributed by atoms with Crippen LogP contribution in [0, 0.1) is 5.82 Å². The zero-order valence-electron chi connectivity index (χ0n) is 14.4. The molecule has 1 aromatic heterocycles. The van der Waals surface area contributed by atoms with E-state index < -0.39 is 6.10 Å². The molecular formula is C18H21FN2O3S2. The fraction of sp³-hybridized carbons (Fsp3) is 0.389. The van der Waals surface area contributed by atoms with Gasteiger partial charge in [-0.3, -0.25) is 0 Å². The number of nitrogens with one attached hydrogen (secondary N) is 1. The summed E-state index contributed by atoms with van der Waals surface area (Å²) in [6.45, 7) is 1.24. The summed E-state index contributed by atoms with van der Waals surface area (Å²) in [7, 11) is 0. The highest BCUT2D eigenvalue weighted by Gasteiger charge is 2.30. The van der Waals surface area contributed by atoms with Gasteiger partial charge < -0.3 is 20.1 Å². The lowest BCUT2D eigenvalue weighted by atomic mass is 10.1. The molecule has 0 radical (unpaired) electrons. The van der Waals surface area contributed by atoms with Crippen LogP contribution in [0.25, 0.3) is 0 Å². The monoisotopic (exact) mass is 396 g/mol. The van der Waals surface area contributed by atoms with Gasteiger partial charge in [0.15, 0.2) is 0 Å². The molecule has 1 saturated heterocycles. The highest BCUT2D eigenvalue weighted by molar-refractivity contribution is 7.98. The number of halogens is 1. The topological polar surface area (TPSA) is 61.8 Å². The van der Waals surface area contributed by atoms with E-state index in [1.165, 1.54) is 29.2 Å².